The second kappa shape index (κ2) is 3.17. The van der Waals surface area contributed by atoms with Gasteiger partial charge in [0.1, 0.15) is 0 Å². The molecule has 0 aromatic heterocycles. The van der Waals surface area contributed by atoms with Crippen LogP contribution in [-0.4, -0.2) is 35.7 Å². The minimum Gasteiger partial charge on any atom is -0.309 e. The lowest BCUT2D eigenvalue weighted by molar-refractivity contribution is 0.319. The first kappa shape index (κ1) is 8.23. The Morgan fingerprint density at radius 3 is 2.36 bits per heavy atom. The van der Waals surface area contributed by atoms with Crippen LogP contribution in [0.15, 0.2) is 0 Å². The maximum Gasteiger partial charge on any atom is 0.0234 e. The van der Waals surface area contributed by atoms with Crippen LogP contribution in [0.5, 0.6) is 0 Å². The number of fused-ring (bicyclic) bond motifs is 2. The van der Waals surface area contributed by atoms with Crippen molar-refractivity contribution in [3.8, 4) is 0 Å². The summed E-state index contributed by atoms with van der Waals surface area (Å²) < 4.78 is 2.53. The molecule has 11 heavy (non-hydrogen) atoms. The molecule has 3 unspecified atom stereocenters. The molecule has 0 aromatic rings. The Kier molecular flexibility index (Phi) is 2.37. The van der Waals surface area contributed by atoms with Gasteiger partial charge in [-0.1, -0.05) is 0 Å². The number of thiol groups is 2. The summed E-state index contributed by atoms with van der Waals surface area (Å²) in [5.41, 5.74) is 0. The zero-order chi connectivity index (χ0) is 7.84. The third-order valence-electron chi connectivity index (χ3n) is 2.61. The molecule has 0 spiro atoms. The summed E-state index contributed by atoms with van der Waals surface area (Å²) in [7, 11) is -0.144. The van der Waals surface area contributed by atoms with Crippen molar-refractivity contribution in [1.82, 2.24) is 9.62 Å². The molecular weight excluding hydrogens is 176 g/mol. The summed E-state index contributed by atoms with van der Waals surface area (Å²) in [6.07, 6.45) is 4.97. The molecule has 2 rings (SSSR count). The number of nitrogens with one attached hydrogen (secondary N) is 1. The van der Waals surface area contributed by atoms with Crippen LogP contribution in [0.4, 0.5) is 0 Å². The van der Waals surface area contributed by atoms with Crippen molar-refractivity contribution >= 4 is 21.8 Å². The van der Waals surface area contributed by atoms with E-state index in [1.807, 2.05) is 0 Å². The van der Waals surface area contributed by atoms with Crippen LogP contribution in [0.25, 0.3) is 0 Å². The van der Waals surface area contributed by atoms with Crippen LogP contribution in [0.2, 0.25) is 0 Å². The van der Waals surface area contributed by atoms with Crippen molar-refractivity contribution in [2.45, 2.75) is 24.9 Å². The second-order valence-electron chi connectivity index (χ2n) is 3.50. The predicted molar refractivity (Wildman–Crippen MR) is 55.4 cm³/mol. The van der Waals surface area contributed by atoms with Crippen LogP contribution in [-0.2, 0) is 0 Å². The van der Waals surface area contributed by atoms with Crippen LogP contribution >= 0.6 is 21.8 Å². The highest BCUT2D eigenvalue weighted by Gasteiger charge is 2.32. The van der Waals surface area contributed by atoms with E-state index < -0.39 is 0 Å². The highest BCUT2D eigenvalue weighted by molar-refractivity contribution is 8.76. The van der Waals surface area contributed by atoms with Crippen molar-refractivity contribution in [1.29, 1.82) is 0 Å². The molecule has 2 saturated heterocycles. The summed E-state index contributed by atoms with van der Waals surface area (Å²) in [6.45, 7) is 2.45. The highest BCUT2D eigenvalue weighted by Crippen LogP contribution is 2.35. The fraction of sp³-hybridized carbons (Fsp3) is 1.00. The van der Waals surface area contributed by atoms with E-state index in [0.717, 1.165) is 12.1 Å². The van der Waals surface area contributed by atoms with E-state index in [2.05, 4.69) is 27.5 Å². The topological polar surface area (TPSA) is 15.3 Å². The zero-order valence-electron chi connectivity index (χ0n) is 6.82. The van der Waals surface area contributed by atoms with Gasteiger partial charge in [-0.25, -0.2) is 0 Å². The van der Waals surface area contributed by atoms with Crippen molar-refractivity contribution in [3.05, 3.63) is 0 Å². The van der Waals surface area contributed by atoms with Gasteiger partial charge < -0.3 is 5.32 Å². The monoisotopic (exact) mass is 192 g/mol. The summed E-state index contributed by atoms with van der Waals surface area (Å²) in [6, 6.07) is 1.54. The molecule has 0 radical (unpaired) electrons. The molecule has 1 N–H and O–H groups in total. The van der Waals surface area contributed by atoms with Gasteiger partial charge in [-0.15, -0.1) is 11.7 Å². The molecule has 3 atom stereocenters. The number of rotatable bonds is 1. The van der Waals surface area contributed by atoms with E-state index in [9.17, 15) is 0 Å². The average molecular weight is 192 g/mol. The summed E-state index contributed by atoms with van der Waals surface area (Å²) in [5.74, 6) is 0. The molecule has 0 amide bonds. The zero-order valence-corrected chi connectivity index (χ0v) is 8.61. The number of hydrogen-bond acceptors (Lipinski definition) is 3. The number of hydrogen-bond donors (Lipinski definition) is 3. The van der Waals surface area contributed by atoms with Gasteiger partial charge in [0.05, 0.1) is 0 Å². The van der Waals surface area contributed by atoms with E-state index in [4.69, 9.17) is 0 Å². The molecule has 2 heterocycles. The summed E-state index contributed by atoms with van der Waals surface area (Å²) in [4.78, 5) is 0. The van der Waals surface area contributed by atoms with Gasteiger partial charge >= 0.3 is 0 Å². The van der Waals surface area contributed by atoms with E-state index in [-0.39, 0.29) is 10.1 Å². The SMILES string of the molecule is C[SH](S)N1CC2CCC(C1)N2. The molecule has 2 fully saturated rings. The van der Waals surface area contributed by atoms with Gasteiger partial charge in [-0.3, -0.25) is 4.31 Å². The maximum atomic E-state index is 4.51. The molecule has 2 aliphatic rings. The Morgan fingerprint density at radius 2 is 1.91 bits per heavy atom. The first-order valence-electron chi connectivity index (χ1n) is 4.19. The first-order valence-corrected chi connectivity index (χ1v) is 7.08. The minimum absolute atomic E-state index is 0.144. The van der Waals surface area contributed by atoms with Crippen molar-refractivity contribution in [3.63, 3.8) is 0 Å². The first-order chi connectivity index (χ1) is 5.25. The Labute approximate surface area is 76.0 Å². The van der Waals surface area contributed by atoms with E-state index in [1.165, 1.54) is 25.9 Å². The lowest BCUT2D eigenvalue weighted by Gasteiger charge is -2.36. The quantitative estimate of drug-likeness (QED) is 0.421. The van der Waals surface area contributed by atoms with Crippen LogP contribution in [0.3, 0.4) is 0 Å². The van der Waals surface area contributed by atoms with Crippen molar-refractivity contribution in [2.24, 2.45) is 0 Å². The Balaban J connectivity index is 1.97. The lowest BCUT2D eigenvalue weighted by Crippen LogP contribution is -2.48. The molecular formula is C7H16N2S2. The van der Waals surface area contributed by atoms with Gasteiger partial charge in [0.25, 0.3) is 0 Å². The number of nitrogens with zero attached hydrogens (tertiary/aromatic N) is 1. The predicted octanol–water partition coefficient (Wildman–Crippen LogP) is 0.813. The molecule has 0 saturated carbocycles. The van der Waals surface area contributed by atoms with E-state index in [1.54, 1.807) is 0 Å². The third-order valence-corrected chi connectivity index (χ3v) is 4.51. The van der Waals surface area contributed by atoms with Gasteiger partial charge in [0, 0.05) is 25.2 Å². The summed E-state index contributed by atoms with van der Waals surface area (Å²) >= 11 is 4.51. The molecule has 0 aliphatic carbocycles. The average Bonchev–Trinajstić information content (AvgIpc) is 2.30. The summed E-state index contributed by atoms with van der Waals surface area (Å²) in [5, 5.41) is 3.61. The fourth-order valence-electron chi connectivity index (χ4n) is 2.01. The smallest absolute Gasteiger partial charge is 0.0234 e. The molecule has 2 nitrogen and oxygen atoms in total. The fourth-order valence-corrected chi connectivity index (χ4v) is 3.32. The largest absolute Gasteiger partial charge is 0.309 e. The second-order valence-corrected chi connectivity index (χ2v) is 6.78. The van der Waals surface area contributed by atoms with Gasteiger partial charge in [0.2, 0.25) is 0 Å². The number of piperazine rings is 1. The third kappa shape index (κ3) is 1.69. The van der Waals surface area contributed by atoms with Gasteiger partial charge in [-0.05, 0) is 19.1 Å². The molecule has 2 bridgehead atoms. The van der Waals surface area contributed by atoms with Crippen LogP contribution < -0.4 is 5.32 Å². The normalized spacial score (nSPS) is 42.5. The van der Waals surface area contributed by atoms with Crippen LogP contribution in [0.1, 0.15) is 12.8 Å². The Hall–Kier alpha value is 0.620. The lowest BCUT2D eigenvalue weighted by atomic mass is 10.2. The maximum absolute atomic E-state index is 4.51. The van der Waals surface area contributed by atoms with Crippen molar-refractivity contribution < 1.29 is 0 Å². The standard InChI is InChI=1S/C7H16N2S2/c1-11(10)9-4-6-2-3-7(5-9)8-6/h6-8,10-11H,2-5H2,1H3. The van der Waals surface area contributed by atoms with E-state index >= 15 is 0 Å². The Bertz CT molecular complexity index is 139. The Morgan fingerprint density at radius 1 is 1.36 bits per heavy atom. The van der Waals surface area contributed by atoms with Crippen LogP contribution in [0, 0.1) is 0 Å². The molecule has 2 aliphatic heterocycles. The molecule has 66 valence electrons. The van der Waals surface area contributed by atoms with E-state index in [0.29, 0.717) is 0 Å². The highest BCUT2D eigenvalue weighted by atomic mass is 33.1. The van der Waals surface area contributed by atoms with Gasteiger partial charge in [0.15, 0.2) is 0 Å². The van der Waals surface area contributed by atoms with Crippen molar-refractivity contribution in [2.75, 3.05) is 19.3 Å². The molecule has 4 heteroatoms. The van der Waals surface area contributed by atoms with Gasteiger partial charge in [-0.2, -0.15) is 10.1 Å². The minimum atomic E-state index is -0.144. The molecule has 0 aromatic carbocycles.